The molecule has 2 aromatic rings. The Kier molecular flexibility index (Phi) is 7.94. The van der Waals surface area contributed by atoms with Crippen LogP contribution in [0.1, 0.15) is 37.5 Å². The van der Waals surface area contributed by atoms with E-state index in [0.717, 1.165) is 17.1 Å². The second-order valence-electron chi connectivity index (χ2n) is 7.65. The first-order valence-electron chi connectivity index (χ1n) is 10.6. The Balaban J connectivity index is 1.61. The maximum absolute atomic E-state index is 13.3. The van der Waals surface area contributed by atoms with E-state index in [1.54, 1.807) is 24.4 Å². The van der Waals surface area contributed by atoms with E-state index in [0.29, 0.717) is 32.0 Å². The third kappa shape index (κ3) is 6.75. The highest BCUT2D eigenvalue weighted by molar-refractivity contribution is 5.90. The SMILES string of the molecule is CCNC(=NCCC(=O)Nc1ccc(C)cn1)N1CC(C)OC(c2ccc(F)cc2)C1. The molecule has 31 heavy (non-hydrogen) atoms. The molecule has 0 spiro atoms. The van der Waals surface area contributed by atoms with E-state index in [1.165, 1.54) is 12.1 Å². The van der Waals surface area contributed by atoms with Gasteiger partial charge in [-0.3, -0.25) is 9.79 Å². The number of benzene rings is 1. The molecule has 1 fully saturated rings. The van der Waals surface area contributed by atoms with Crippen LogP contribution in [0.25, 0.3) is 0 Å². The summed E-state index contributed by atoms with van der Waals surface area (Å²) in [6.07, 6.45) is 1.78. The highest BCUT2D eigenvalue weighted by atomic mass is 19.1. The van der Waals surface area contributed by atoms with Crippen LogP contribution in [0.3, 0.4) is 0 Å². The zero-order valence-corrected chi connectivity index (χ0v) is 18.3. The van der Waals surface area contributed by atoms with Gasteiger partial charge in [-0.2, -0.15) is 0 Å². The highest BCUT2D eigenvalue weighted by Crippen LogP contribution is 2.25. The van der Waals surface area contributed by atoms with Crippen molar-refractivity contribution in [1.29, 1.82) is 0 Å². The summed E-state index contributed by atoms with van der Waals surface area (Å²) in [5.41, 5.74) is 1.97. The number of ether oxygens (including phenoxy) is 1. The molecule has 1 aliphatic heterocycles. The van der Waals surface area contributed by atoms with Crippen molar-refractivity contribution >= 4 is 17.7 Å². The summed E-state index contributed by atoms with van der Waals surface area (Å²) in [4.78, 5) is 23.2. The van der Waals surface area contributed by atoms with Crippen molar-refractivity contribution < 1.29 is 13.9 Å². The first-order chi connectivity index (χ1) is 14.9. The van der Waals surface area contributed by atoms with E-state index in [9.17, 15) is 9.18 Å². The number of aryl methyl sites for hydroxylation is 1. The molecule has 0 bridgehead atoms. The molecule has 2 unspecified atom stereocenters. The third-order valence-corrected chi connectivity index (χ3v) is 4.92. The number of guanidine groups is 1. The first-order valence-corrected chi connectivity index (χ1v) is 10.6. The fraction of sp³-hybridized carbons (Fsp3) is 0.435. The number of aromatic nitrogens is 1. The van der Waals surface area contributed by atoms with E-state index in [4.69, 9.17) is 4.74 Å². The second kappa shape index (κ2) is 10.9. The average molecular weight is 428 g/mol. The van der Waals surface area contributed by atoms with E-state index in [1.807, 2.05) is 26.8 Å². The molecule has 1 saturated heterocycles. The molecule has 3 rings (SSSR count). The summed E-state index contributed by atoms with van der Waals surface area (Å²) in [6, 6.07) is 10.1. The number of morpholine rings is 1. The second-order valence-corrected chi connectivity index (χ2v) is 7.65. The van der Waals surface area contributed by atoms with E-state index in [2.05, 4.69) is 25.5 Å². The lowest BCUT2D eigenvalue weighted by Gasteiger charge is -2.38. The molecular weight excluding hydrogens is 397 g/mol. The molecule has 2 heterocycles. The van der Waals surface area contributed by atoms with Crippen molar-refractivity contribution in [3.8, 4) is 0 Å². The molecule has 166 valence electrons. The smallest absolute Gasteiger partial charge is 0.227 e. The van der Waals surface area contributed by atoms with E-state index >= 15 is 0 Å². The van der Waals surface area contributed by atoms with Crippen LogP contribution in [0.15, 0.2) is 47.6 Å². The number of hydrogen-bond acceptors (Lipinski definition) is 4. The minimum absolute atomic E-state index is 0.0106. The number of carbonyl (C=O) groups excluding carboxylic acids is 1. The van der Waals surface area contributed by atoms with Gasteiger partial charge in [0, 0.05) is 25.7 Å². The number of aliphatic imine (C=N–C) groups is 1. The van der Waals surface area contributed by atoms with Gasteiger partial charge < -0.3 is 20.3 Å². The number of halogens is 1. The van der Waals surface area contributed by atoms with Crippen molar-refractivity contribution in [3.05, 3.63) is 59.5 Å². The van der Waals surface area contributed by atoms with Crippen molar-refractivity contribution in [2.45, 2.75) is 39.4 Å². The first kappa shape index (κ1) is 22.7. The van der Waals surface area contributed by atoms with Gasteiger partial charge in [-0.15, -0.1) is 0 Å². The number of hydrogen-bond donors (Lipinski definition) is 2. The standard InChI is InChI=1S/C23H30FN5O2/c1-4-25-23(26-12-11-22(30)28-21-10-5-16(2)13-27-21)29-14-17(3)31-20(15-29)18-6-8-19(24)9-7-18/h5-10,13,17,20H,4,11-12,14-15H2,1-3H3,(H,25,26)(H,27,28,30). The van der Waals surface area contributed by atoms with Crippen LogP contribution in [-0.4, -0.2) is 54.0 Å². The Morgan fingerprint density at radius 3 is 2.71 bits per heavy atom. The molecule has 1 amide bonds. The van der Waals surface area contributed by atoms with Crippen LogP contribution in [0.2, 0.25) is 0 Å². The van der Waals surface area contributed by atoms with Crippen LogP contribution < -0.4 is 10.6 Å². The Hall–Kier alpha value is -3.00. The molecule has 1 aromatic heterocycles. The number of amides is 1. The van der Waals surface area contributed by atoms with Gasteiger partial charge in [-0.25, -0.2) is 9.37 Å². The zero-order valence-electron chi connectivity index (χ0n) is 18.3. The van der Waals surface area contributed by atoms with Crippen molar-refractivity contribution in [2.75, 3.05) is 31.5 Å². The number of carbonyl (C=O) groups is 1. The van der Waals surface area contributed by atoms with Gasteiger partial charge in [-0.05, 0) is 50.1 Å². The summed E-state index contributed by atoms with van der Waals surface area (Å²) >= 11 is 0. The van der Waals surface area contributed by atoms with Gasteiger partial charge in [0.25, 0.3) is 0 Å². The maximum Gasteiger partial charge on any atom is 0.227 e. The largest absolute Gasteiger partial charge is 0.367 e. The number of nitrogens with zero attached hydrogens (tertiary/aromatic N) is 3. The molecule has 2 atom stereocenters. The van der Waals surface area contributed by atoms with Crippen molar-refractivity contribution in [3.63, 3.8) is 0 Å². The summed E-state index contributed by atoms with van der Waals surface area (Å²) in [6.45, 7) is 8.31. The number of pyridine rings is 1. The molecule has 0 radical (unpaired) electrons. The number of anilines is 1. The Morgan fingerprint density at radius 2 is 2.03 bits per heavy atom. The van der Waals surface area contributed by atoms with Gasteiger partial charge in [0.15, 0.2) is 5.96 Å². The normalized spacial score (nSPS) is 19.2. The van der Waals surface area contributed by atoms with Gasteiger partial charge in [0.2, 0.25) is 5.91 Å². The molecule has 1 aromatic carbocycles. The van der Waals surface area contributed by atoms with Crippen LogP contribution in [0.4, 0.5) is 10.2 Å². The Labute approximate surface area is 182 Å². The van der Waals surface area contributed by atoms with Crippen molar-refractivity contribution in [1.82, 2.24) is 15.2 Å². The third-order valence-electron chi connectivity index (χ3n) is 4.92. The Bertz CT molecular complexity index is 886. The number of rotatable bonds is 6. The summed E-state index contributed by atoms with van der Waals surface area (Å²) < 4.78 is 19.3. The molecule has 0 aliphatic carbocycles. The van der Waals surface area contributed by atoms with Gasteiger partial charge in [-0.1, -0.05) is 18.2 Å². The number of nitrogens with one attached hydrogen (secondary N) is 2. The molecule has 2 N–H and O–H groups in total. The lowest BCUT2D eigenvalue weighted by atomic mass is 10.1. The topological polar surface area (TPSA) is 78.8 Å². The predicted molar refractivity (Wildman–Crippen MR) is 119 cm³/mol. The van der Waals surface area contributed by atoms with Gasteiger partial charge >= 0.3 is 0 Å². The van der Waals surface area contributed by atoms with Crippen LogP contribution >= 0.6 is 0 Å². The fourth-order valence-corrected chi connectivity index (χ4v) is 3.42. The monoisotopic (exact) mass is 427 g/mol. The van der Waals surface area contributed by atoms with Crippen molar-refractivity contribution in [2.24, 2.45) is 4.99 Å². The fourth-order valence-electron chi connectivity index (χ4n) is 3.42. The average Bonchev–Trinajstić information content (AvgIpc) is 2.75. The quantitative estimate of drug-likeness (QED) is 0.546. The molecular formula is C23H30FN5O2. The predicted octanol–water partition coefficient (Wildman–Crippen LogP) is 3.29. The van der Waals surface area contributed by atoms with Crippen LogP contribution in [-0.2, 0) is 9.53 Å². The molecule has 0 saturated carbocycles. The highest BCUT2D eigenvalue weighted by Gasteiger charge is 2.28. The maximum atomic E-state index is 13.3. The zero-order chi connectivity index (χ0) is 22.2. The van der Waals surface area contributed by atoms with Crippen LogP contribution in [0, 0.1) is 12.7 Å². The molecule has 8 heteroatoms. The lowest BCUT2D eigenvalue weighted by molar-refractivity contribution is -0.116. The minimum atomic E-state index is -0.265. The van der Waals surface area contributed by atoms with Crippen LogP contribution in [0.5, 0.6) is 0 Å². The summed E-state index contributed by atoms with van der Waals surface area (Å²) in [7, 11) is 0. The lowest BCUT2D eigenvalue weighted by Crippen LogP contribution is -2.50. The van der Waals surface area contributed by atoms with E-state index in [-0.39, 0.29) is 30.4 Å². The van der Waals surface area contributed by atoms with Gasteiger partial charge in [0.1, 0.15) is 17.7 Å². The Morgan fingerprint density at radius 1 is 1.26 bits per heavy atom. The summed E-state index contributed by atoms with van der Waals surface area (Å²) in [5, 5.41) is 6.09. The van der Waals surface area contributed by atoms with Gasteiger partial charge in [0.05, 0.1) is 19.2 Å². The summed E-state index contributed by atoms with van der Waals surface area (Å²) in [5.74, 6) is 0.885. The minimum Gasteiger partial charge on any atom is -0.367 e. The molecule has 1 aliphatic rings. The molecule has 7 nitrogen and oxygen atoms in total. The van der Waals surface area contributed by atoms with E-state index < -0.39 is 0 Å².